The van der Waals surface area contributed by atoms with E-state index < -0.39 is 5.91 Å². The van der Waals surface area contributed by atoms with Gasteiger partial charge in [-0.05, 0) is 69.0 Å². The van der Waals surface area contributed by atoms with Crippen LogP contribution in [0.5, 0.6) is 0 Å². The summed E-state index contributed by atoms with van der Waals surface area (Å²) in [5.41, 5.74) is 0.583. The van der Waals surface area contributed by atoms with Crippen LogP contribution in [0.3, 0.4) is 0 Å². The number of benzene rings is 1. The molecule has 9 nitrogen and oxygen atoms in total. The van der Waals surface area contributed by atoms with Crippen LogP contribution in [0.1, 0.15) is 58.1 Å². The smallest absolute Gasteiger partial charge is 0.286 e. The van der Waals surface area contributed by atoms with Gasteiger partial charge in [-0.2, -0.15) is 0 Å². The molecule has 2 N–H and O–H groups in total. The summed E-state index contributed by atoms with van der Waals surface area (Å²) in [6.45, 7) is 5.01. The first-order chi connectivity index (χ1) is 17.0. The fraction of sp³-hybridized carbons (Fsp3) is 0.542. The molecule has 0 aliphatic carbocycles. The van der Waals surface area contributed by atoms with Crippen molar-refractivity contribution < 1.29 is 14.4 Å². The summed E-state index contributed by atoms with van der Waals surface area (Å²) in [5.74, 6) is -0.289. The lowest BCUT2D eigenvalue weighted by molar-refractivity contribution is -0.122. The number of carbonyl (C=O) groups is 3. The summed E-state index contributed by atoms with van der Waals surface area (Å²) in [5, 5.41) is 14.5. The highest BCUT2D eigenvalue weighted by Gasteiger charge is 2.28. The average molecular weight is 519 g/mol. The van der Waals surface area contributed by atoms with Crippen LogP contribution < -0.4 is 10.6 Å². The number of likely N-dealkylation sites (tertiary alicyclic amines) is 2. The highest BCUT2D eigenvalue weighted by Crippen LogP contribution is 2.23. The van der Waals surface area contributed by atoms with Gasteiger partial charge in [0.2, 0.25) is 15.9 Å². The molecule has 2 aromatic rings. The Morgan fingerprint density at radius 1 is 0.971 bits per heavy atom. The second-order valence-corrected chi connectivity index (χ2v) is 10.5. The zero-order chi connectivity index (χ0) is 24.6. The van der Waals surface area contributed by atoms with E-state index in [1.165, 1.54) is 19.3 Å². The number of nitrogens with one attached hydrogen (secondary N) is 2. The summed E-state index contributed by atoms with van der Waals surface area (Å²) >= 11 is 6.84. The first kappa shape index (κ1) is 25.5. The van der Waals surface area contributed by atoms with Crippen molar-refractivity contribution in [2.24, 2.45) is 5.92 Å². The molecular formula is C24H31ClN6O3S. The molecule has 0 radical (unpaired) electrons. The van der Waals surface area contributed by atoms with Gasteiger partial charge in [-0.3, -0.25) is 14.4 Å². The van der Waals surface area contributed by atoms with Crippen LogP contribution in [0, 0.1) is 5.92 Å². The standard InChI is InChI=1S/C24H31ClN6O3S/c25-18-4-6-19(7-5-18)27-21(33)22-28-29-23(35-22)24(34)31-13-8-17(9-14-31)16-20(32)26-10-15-30-11-2-1-3-12-30/h4-7,17H,1-3,8-16H2,(H,26,32)(H,27,33). The fourth-order valence-corrected chi connectivity index (χ4v) is 5.30. The van der Waals surface area contributed by atoms with Gasteiger partial charge in [-0.15, -0.1) is 10.2 Å². The molecule has 1 aromatic carbocycles. The predicted octanol–water partition coefficient (Wildman–Crippen LogP) is 3.29. The molecule has 2 aliphatic rings. The molecule has 2 aliphatic heterocycles. The Morgan fingerprint density at radius 3 is 2.37 bits per heavy atom. The van der Waals surface area contributed by atoms with Gasteiger partial charge in [0.05, 0.1) is 0 Å². The van der Waals surface area contributed by atoms with E-state index in [4.69, 9.17) is 11.6 Å². The number of rotatable bonds is 8. The minimum Gasteiger partial charge on any atom is -0.355 e. The third-order valence-electron chi connectivity index (χ3n) is 6.48. The van der Waals surface area contributed by atoms with E-state index in [-0.39, 0.29) is 27.7 Å². The zero-order valence-electron chi connectivity index (χ0n) is 19.7. The van der Waals surface area contributed by atoms with Gasteiger partial charge in [0, 0.05) is 43.3 Å². The Labute approximate surface area is 214 Å². The largest absolute Gasteiger partial charge is 0.355 e. The maximum Gasteiger partial charge on any atom is 0.286 e. The molecule has 3 heterocycles. The van der Waals surface area contributed by atoms with Gasteiger partial charge >= 0.3 is 0 Å². The molecule has 4 rings (SSSR count). The molecule has 0 saturated carbocycles. The number of piperidine rings is 2. The predicted molar refractivity (Wildman–Crippen MR) is 136 cm³/mol. The molecule has 2 fully saturated rings. The van der Waals surface area contributed by atoms with Crippen LogP contribution in [0.2, 0.25) is 5.02 Å². The zero-order valence-corrected chi connectivity index (χ0v) is 21.2. The molecule has 35 heavy (non-hydrogen) atoms. The number of nitrogens with zero attached hydrogens (tertiary/aromatic N) is 4. The molecule has 0 spiro atoms. The van der Waals surface area contributed by atoms with Gasteiger partial charge in [0.25, 0.3) is 11.8 Å². The summed E-state index contributed by atoms with van der Waals surface area (Å²) in [7, 11) is 0. The number of anilines is 1. The van der Waals surface area contributed by atoms with Crippen LogP contribution in [-0.4, -0.2) is 77.0 Å². The maximum atomic E-state index is 12.9. The van der Waals surface area contributed by atoms with E-state index in [1.54, 1.807) is 29.2 Å². The Balaban J connectivity index is 1.18. The van der Waals surface area contributed by atoms with Crippen molar-refractivity contribution in [1.29, 1.82) is 0 Å². The van der Waals surface area contributed by atoms with E-state index in [1.807, 2.05) is 0 Å². The second-order valence-electron chi connectivity index (χ2n) is 9.07. The van der Waals surface area contributed by atoms with Crippen molar-refractivity contribution in [2.75, 3.05) is 44.6 Å². The van der Waals surface area contributed by atoms with Crippen molar-refractivity contribution in [3.05, 3.63) is 39.3 Å². The number of amides is 3. The Bertz CT molecular complexity index is 1020. The molecule has 0 atom stereocenters. The first-order valence-electron chi connectivity index (χ1n) is 12.2. The lowest BCUT2D eigenvalue weighted by atomic mass is 9.93. The van der Waals surface area contributed by atoms with E-state index in [0.717, 1.165) is 43.8 Å². The quantitative estimate of drug-likeness (QED) is 0.555. The van der Waals surface area contributed by atoms with Gasteiger partial charge in [0.1, 0.15) is 0 Å². The summed E-state index contributed by atoms with van der Waals surface area (Å²) in [6.07, 6.45) is 5.85. The van der Waals surface area contributed by atoms with E-state index in [2.05, 4.69) is 25.7 Å². The lowest BCUT2D eigenvalue weighted by Crippen LogP contribution is -2.41. The van der Waals surface area contributed by atoms with E-state index in [9.17, 15) is 14.4 Å². The number of hydrogen-bond acceptors (Lipinski definition) is 7. The molecule has 2 saturated heterocycles. The van der Waals surface area contributed by atoms with Gasteiger partial charge in [-0.1, -0.05) is 29.4 Å². The Kier molecular flexibility index (Phi) is 9.06. The Morgan fingerprint density at radius 2 is 1.66 bits per heavy atom. The van der Waals surface area contributed by atoms with Gasteiger partial charge in [0.15, 0.2) is 0 Å². The van der Waals surface area contributed by atoms with Crippen LogP contribution in [0.25, 0.3) is 0 Å². The fourth-order valence-electron chi connectivity index (χ4n) is 4.47. The molecule has 0 unspecified atom stereocenters. The summed E-state index contributed by atoms with van der Waals surface area (Å²) in [6, 6.07) is 6.73. The van der Waals surface area contributed by atoms with Crippen LogP contribution in [-0.2, 0) is 4.79 Å². The lowest BCUT2D eigenvalue weighted by Gasteiger charge is -2.31. The van der Waals surface area contributed by atoms with Crippen LogP contribution in [0.15, 0.2) is 24.3 Å². The average Bonchev–Trinajstić information content (AvgIpc) is 3.37. The maximum absolute atomic E-state index is 12.9. The Hall–Kier alpha value is -2.56. The third-order valence-corrected chi connectivity index (χ3v) is 7.64. The normalized spacial score (nSPS) is 17.2. The van der Waals surface area contributed by atoms with Crippen molar-refractivity contribution in [3.63, 3.8) is 0 Å². The van der Waals surface area contributed by atoms with Gasteiger partial charge < -0.3 is 20.4 Å². The van der Waals surface area contributed by atoms with Crippen molar-refractivity contribution in [1.82, 2.24) is 25.3 Å². The first-order valence-corrected chi connectivity index (χ1v) is 13.4. The minimum atomic E-state index is -0.422. The number of carbonyl (C=O) groups excluding carboxylic acids is 3. The van der Waals surface area contributed by atoms with Crippen LogP contribution in [0.4, 0.5) is 5.69 Å². The molecule has 1 aromatic heterocycles. The van der Waals surface area contributed by atoms with Crippen molar-refractivity contribution >= 4 is 46.3 Å². The molecule has 188 valence electrons. The highest BCUT2D eigenvalue weighted by atomic mass is 35.5. The van der Waals surface area contributed by atoms with Gasteiger partial charge in [-0.25, -0.2) is 0 Å². The number of aromatic nitrogens is 2. The summed E-state index contributed by atoms with van der Waals surface area (Å²) < 4.78 is 0. The number of hydrogen-bond donors (Lipinski definition) is 2. The molecule has 11 heteroatoms. The van der Waals surface area contributed by atoms with E-state index in [0.29, 0.717) is 36.8 Å². The topological polar surface area (TPSA) is 108 Å². The summed E-state index contributed by atoms with van der Waals surface area (Å²) in [4.78, 5) is 41.7. The number of halogens is 1. The van der Waals surface area contributed by atoms with Crippen molar-refractivity contribution in [3.8, 4) is 0 Å². The van der Waals surface area contributed by atoms with Crippen LogP contribution >= 0.6 is 22.9 Å². The minimum absolute atomic E-state index is 0.0900. The molecule has 0 bridgehead atoms. The molecular weight excluding hydrogens is 488 g/mol. The monoisotopic (exact) mass is 518 g/mol. The highest BCUT2D eigenvalue weighted by molar-refractivity contribution is 7.15. The van der Waals surface area contributed by atoms with E-state index >= 15 is 0 Å². The molecule has 3 amide bonds. The SMILES string of the molecule is O=C(CC1CCN(C(=O)c2nnc(C(=O)Nc3ccc(Cl)cc3)s2)CC1)NCCN1CCCCC1. The van der Waals surface area contributed by atoms with Crippen molar-refractivity contribution in [2.45, 2.75) is 38.5 Å². The third kappa shape index (κ3) is 7.46. The second kappa shape index (κ2) is 12.4.